The molecular formula is C23H28N4O3S. The van der Waals surface area contributed by atoms with E-state index >= 15 is 0 Å². The third-order valence-electron chi connectivity index (χ3n) is 5.67. The number of fused-ring (bicyclic) bond motifs is 1. The van der Waals surface area contributed by atoms with E-state index in [2.05, 4.69) is 26.9 Å². The number of hydrogen-bond acceptors (Lipinski definition) is 5. The summed E-state index contributed by atoms with van der Waals surface area (Å²) in [5, 5.41) is 6.06. The molecule has 1 fully saturated rings. The third kappa shape index (κ3) is 5.14. The summed E-state index contributed by atoms with van der Waals surface area (Å²) >= 11 is 0. The van der Waals surface area contributed by atoms with E-state index in [0.717, 1.165) is 19.6 Å². The van der Waals surface area contributed by atoms with E-state index in [0.29, 0.717) is 35.1 Å². The van der Waals surface area contributed by atoms with Crippen LogP contribution in [-0.2, 0) is 10.0 Å². The van der Waals surface area contributed by atoms with Gasteiger partial charge in [-0.15, -0.1) is 4.40 Å². The molecule has 2 aliphatic heterocycles. The van der Waals surface area contributed by atoms with Crippen molar-refractivity contribution in [2.45, 2.75) is 31.1 Å². The predicted molar refractivity (Wildman–Crippen MR) is 122 cm³/mol. The number of benzene rings is 2. The largest absolute Gasteiger partial charge is 0.352 e. The SMILES string of the molecule is CC(CNC(=O)c1ccc(NC2=NS(=O)(=O)c3ccccc32)cc1)CN1CCCCC1. The molecule has 0 radical (unpaired) electrons. The number of carbonyl (C=O) groups excluding carboxylic acids is 1. The van der Waals surface area contributed by atoms with E-state index < -0.39 is 10.0 Å². The van der Waals surface area contributed by atoms with Crippen LogP contribution in [-0.4, -0.2) is 51.2 Å². The van der Waals surface area contributed by atoms with Crippen LogP contribution >= 0.6 is 0 Å². The normalized spacial score (nSPS) is 18.7. The highest BCUT2D eigenvalue weighted by Gasteiger charge is 2.28. The third-order valence-corrected chi connectivity index (χ3v) is 7.01. The van der Waals surface area contributed by atoms with Crippen molar-refractivity contribution in [3.8, 4) is 0 Å². The van der Waals surface area contributed by atoms with Crippen molar-refractivity contribution in [2.24, 2.45) is 10.3 Å². The fraction of sp³-hybridized carbons (Fsp3) is 0.391. The second-order valence-corrected chi connectivity index (χ2v) is 9.86. The van der Waals surface area contributed by atoms with Crippen LogP contribution in [0.2, 0.25) is 0 Å². The van der Waals surface area contributed by atoms with Gasteiger partial charge in [0, 0.05) is 29.9 Å². The molecule has 1 atom stereocenters. The lowest BCUT2D eigenvalue weighted by Crippen LogP contribution is -2.38. The minimum atomic E-state index is -3.66. The Morgan fingerprint density at radius 2 is 1.77 bits per heavy atom. The van der Waals surface area contributed by atoms with E-state index in [9.17, 15) is 13.2 Å². The highest BCUT2D eigenvalue weighted by Crippen LogP contribution is 2.26. The number of amidine groups is 1. The summed E-state index contributed by atoms with van der Waals surface area (Å²) < 4.78 is 28.2. The summed E-state index contributed by atoms with van der Waals surface area (Å²) in [6, 6.07) is 13.7. The Kier molecular flexibility index (Phi) is 6.38. The number of nitrogens with zero attached hydrogens (tertiary/aromatic N) is 2. The average molecular weight is 441 g/mol. The zero-order chi connectivity index (χ0) is 21.8. The average Bonchev–Trinajstić information content (AvgIpc) is 3.03. The van der Waals surface area contributed by atoms with Gasteiger partial charge in [0.1, 0.15) is 4.90 Å². The van der Waals surface area contributed by atoms with Gasteiger partial charge in [0.2, 0.25) is 0 Å². The maximum atomic E-state index is 12.5. The molecule has 0 saturated carbocycles. The molecule has 2 heterocycles. The zero-order valence-electron chi connectivity index (χ0n) is 17.7. The van der Waals surface area contributed by atoms with Crippen molar-refractivity contribution in [1.82, 2.24) is 10.2 Å². The van der Waals surface area contributed by atoms with Gasteiger partial charge in [-0.3, -0.25) is 4.79 Å². The lowest BCUT2D eigenvalue weighted by Gasteiger charge is -2.29. The van der Waals surface area contributed by atoms with Gasteiger partial charge >= 0.3 is 0 Å². The Morgan fingerprint density at radius 3 is 2.52 bits per heavy atom. The molecular weight excluding hydrogens is 412 g/mol. The van der Waals surface area contributed by atoms with Crippen LogP contribution in [0.3, 0.4) is 0 Å². The number of amides is 1. The van der Waals surface area contributed by atoms with Crippen molar-refractivity contribution < 1.29 is 13.2 Å². The maximum Gasteiger partial charge on any atom is 0.285 e. The van der Waals surface area contributed by atoms with Crippen LogP contribution in [0.5, 0.6) is 0 Å². The molecule has 1 saturated heterocycles. The van der Waals surface area contributed by atoms with Gasteiger partial charge in [-0.25, -0.2) is 0 Å². The van der Waals surface area contributed by atoms with Crippen molar-refractivity contribution in [3.05, 3.63) is 59.7 Å². The molecule has 1 amide bonds. The summed E-state index contributed by atoms with van der Waals surface area (Å²) in [4.78, 5) is 15.2. The Labute approximate surface area is 183 Å². The molecule has 2 aliphatic rings. The number of sulfonamides is 1. The van der Waals surface area contributed by atoms with Crippen LogP contribution in [0, 0.1) is 5.92 Å². The monoisotopic (exact) mass is 440 g/mol. The summed E-state index contributed by atoms with van der Waals surface area (Å²) in [5.41, 5.74) is 1.78. The predicted octanol–water partition coefficient (Wildman–Crippen LogP) is 3.10. The van der Waals surface area contributed by atoms with Crippen molar-refractivity contribution in [3.63, 3.8) is 0 Å². The molecule has 164 valence electrons. The quantitative estimate of drug-likeness (QED) is 0.720. The minimum absolute atomic E-state index is 0.108. The Morgan fingerprint density at radius 1 is 1.06 bits per heavy atom. The molecule has 4 rings (SSSR count). The first-order valence-corrected chi connectivity index (χ1v) is 12.2. The van der Waals surface area contributed by atoms with Crippen molar-refractivity contribution in [1.29, 1.82) is 0 Å². The van der Waals surface area contributed by atoms with Gasteiger partial charge in [0.25, 0.3) is 15.9 Å². The molecule has 0 aliphatic carbocycles. The molecule has 0 spiro atoms. The zero-order valence-corrected chi connectivity index (χ0v) is 18.5. The number of likely N-dealkylation sites (tertiary alicyclic amines) is 1. The van der Waals surface area contributed by atoms with Gasteiger partial charge < -0.3 is 15.5 Å². The van der Waals surface area contributed by atoms with Crippen LogP contribution in [0.25, 0.3) is 0 Å². The fourth-order valence-corrected chi connectivity index (χ4v) is 5.23. The summed E-state index contributed by atoms with van der Waals surface area (Å²) in [7, 11) is -3.66. The number of anilines is 1. The Balaban J connectivity index is 1.32. The molecule has 0 aromatic heterocycles. The first kappa shape index (κ1) is 21.5. The first-order valence-electron chi connectivity index (χ1n) is 10.7. The van der Waals surface area contributed by atoms with Gasteiger partial charge in [0.15, 0.2) is 5.84 Å². The second-order valence-electron chi connectivity index (χ2n) is 8.29. The minimum Gasteiger partial charge on any atom is -0.352 e. The summed E-state index contributed by atoms with van der Waals surface area (Å²) in [6.07, 6.45) is 3.86. The van der Waals surface area contributed by atoms with Gasteiger partial charge in [-0.2, -0.15) is 8.42 Å². The molecule has 7 nitrogen and oxygen atoms in total. The van der Waals surface area contributed by atoms with Gasteiger partial charge in [-0.1, -0.05) is 25.5 Å². The van der Waals surface area contributed by atoms with Crippen LogP contribution in [0.4, 0.5) is 5.69 Å². The van der Waals surface area contributed by atoms with E-state index in [-0.39, 0.29) is 10.8 Å². The Hall–Kier alpha value is -2.71. The van der Waals surface area contributed by atoms with E-state index in [4.69, 9.17) is 0 Å². The molecule has 2 aromatic carbocycles. The molecule has 1 unspecified atom stereocenters. The van der Waals surface area contributed by atoms with Crippen LogP contribution < -0.4 is 10.6 Å². The number of nitrogens with one attached hydrogen (secondary N) is 2. The lowest BCUT2D eigenvalue weighted by atomic mass is 10.1. The molecule has 0 bridgehead atoms. The number of rotatable bonds is 6. The van der Waals surface area contributed by atoms with Crippen molar-refractivity contribution in [2.75, 3.05) is 31.5 Å². The highest BCUT2D eigenvalue weighted by molar-refractivity contribution is 7.90. The van der Waals surface area contributed by atoms with E-state index in [1.807, 2.05) is 0 Å². The van der Waals surface area contributed by atoms with Crippen LogP contribution in [0.15, 0.2) is 57.8 Å². The van der Waals surface area contributed by atoms with Crippen molar-refractivity contribution >= 4 is 27.5 Å². The molecule has 2 N–H and O–H groups in total. The number of hydrogen-bond donors (Lipinski definition) is 2. The highest BCUT2D eigenvalue weighted by atomic mass is 32.2. The fourth-order valence-electron chi connectivity index (χ4n) is 4.05. The standard InChI is InChI=1S/C23H28N4O3S/c1-17(16-27-13-5-2-6-14-27)15-24-23(28)18-9-11-19(12-10-18)25-22-20-7-3-4-8-21(20)31(29,30)26-22/h3-4,7-12,17H,2,5-6,13-16H2,1H3,(H,24,28)(H,25,26). The maximum absolute atomic E-state index is 12.5. The van der Waals surface area contributed by atoms with Crippen LogP contribution in [0.1, 0.15) is 42.1 Å². The smallest absolute Gasteiger partial charge is 0.285 e. The lowest BCUT2D eigenvalue weighted by molar-refractivity contribution is 0.0942. The Bertz CT molecular complexity index is 1070. The molecule has 31 heavy (non-hydrogen) atoms. The molecule has 8 heteroatoms. The topological polar surface area (TPSA) is 90.9 Å². The van der Waals surface area contributed by atoms with Gasteiger partial charge in [-0.05, 0) is 68.2 Å². The van der Waals surface area contributed by atoms with Gasteiger partial charge in [0.05, 0.1) is 0 Å². The second kappa shape index (κ2) is 9.20. The summed E-state index contributed by atoms with van der Waals surface area (Å²) in [6.45, 7) is 6.13. The first-order chi connectivity index (χ1) is 14.9. The van der Waals surface area contributed by atoms with E-state index in [1.165, 1.54) is 19.3 Å². The summed E-state index contributed by atoms with van der Waals surface area (Å²) in [5.74, 6) is 0.577. The number of piperidine rings is 1. The van der Waals surface area contributed by atoms with E-state index in [1.54, 1.807) is 48.5 Å². The molecule has 2 aromatic rings. The number of carbonyl (C=O) groups is 1.